The van der Waals surface area contributed by atoms with Gasteiger partial charge in [-0.3, -0.25) is 19.6 Å². The molecule has 0 radical (unpaired) electrons. The van der Waals surface area contributed by atoms with Crippen LogP contribution in [0.15, 0.2) is 24.4 Å². The Kier molecular flexibility index (Phi) is 4.55. The summed E-state index contributed by atoms with van der Waals surface area (Å²) in [4.78, 5) is 24.3. The number of rotatable bonds is 3. The minimum absolute atomic E-state index is 0.197. The van der Waals surface area contributed by atoms with Gasteiger partial charge >= 0.3 is 6.18 Å². The summed E-state index contributed by atoms with van der Waals surface area (Å²) in [5, 5.41) is 17.8. The highest BCUT2D eigenvalue weighted by Gasteiger charge is 2.35. The molecule has 9 nitrogen and oxygen atoms in total. The molecule has 154 valence electrons. The van der Waals surface area contributed by atoms with E-state index in [-0.39, 0.29) is 42.2 Å². The number of nitro groups is 1. The molecule has 1 aromatic carbocycles. The van der Waals surface area contributed by atoms with Crippen LogP contribution in [0.2, 0.25) is 0 Å². The number of carbonyl (C=O) groups excluding carboxylic acids is 1. The molecule has 1 amide bonds. The summed E-state index contributed by atoms with van der Waals surface area (Å²) in [7, 11) is 0. The SMILES string of the molecule is O=C1COc2cc([N+](=O)[O-])c(N3CCCC(n4ccc(C(F)(F)F)n4)C3)cc2N1. The van der Waals surface area contributed by atoms with Gasteiger partial charge in [-0.25, -0.2) is 0 Å². The summed E-state index contributed by atoms with van der Waals surface area (Å²) in [6.45, 7) is 0.502. The molecule has 29 heavy (non-hydrogen) atoms. The Morgan fingerprint density at radius 2 is 2.14 bits per heavy atom. The van der Waals surface area contributed by atoms with Gasteiger partial charge in [0, 0.05) is 19.3 Å². The van der Waals surface area contributed by atoms with Gasteiger partial charge in [0.25, 0.3) is 11.6 Å². The standard InChI is InChI=1S/C17H16F3N5O4/c18-17(19,20)15-3-5-24(22-15)10-2-1-4-23(8-10)12-6-11-14(7-13(12)25(27)28)29-9-16(26)21-11/h3,5-7,10H,1-2,4,8-9H2,(H,21,26). The van der Waals surface area contributed by atoms with Crippen LogP contribution in [0.5, 0.6) is 5.75 Å². The summed E-state index contributed by atoms with van der Waals surface area (Å²) < 4.78 is 45.0. The lowest BCUT2D eigenvalue weighted by Crippen LogP contribution is -2.37. The third-order valence-corrected chi connectivity index (χ3v) is 4.92. The Morgan fingerprint density at radius 3 is 2.83 bits per heavy atom. The molecule has 1 N–H and O–H groups in total. The van der Waals surface area contributed by atoms with Gasteiger partial charge in [-0.2, -0.15) is 18.3 Å². The van der Waals surface area contributed by atoms with Gasteiger partial charge in [0.05, 0.1) is 22.7 Å². The summed E-state index contributed by atoms with van der Waals surface area (Å²) in [5.41, 5.74) is -0.582. The van der Waals surface area contributed by atoms with Crippen LogP contribution >= 0.6 is 0 Å². The zero-order chi connectivity index (χ0) is 20.8. The summed E-state index contributed by atoms with van der Waals surface area (Å²) in [6, 6.07) is 3.26. The molecule has 3 heterocycles. The molecule has 0 spiro atoms. The normalized spacial score (nSPS) is 19.3. The number of aromatic nitrogens is 2. The zero-order valence-electron chi connectivity index (χ0n) is 15.0. The number of hydrogen-bond donors (Lipinski definition) is 1. The first-order chi connectivity index (χ1) is 13.7. The Hall–Kier alpha value is -3.31. The van der Waals surface area contributed by atoms with E-state index in [2.05, 4.69) is 10.4 Å². The highest BCUT2D eigenvalue weighted by molar-refractivity contribution is 5.97. The van der Waals surface area contributed by atoms with E-state index in [1.165, 1.54) is 23.0 Å². The molecule has 0 bridgehead atoms. The Morgan fingerprint density at radius 1 is 1.34 bits per heavy atom. The molecule has 1 fully saturated rings. The number of nitro benzene ring substituents is 1. The lowest BCUT2D eigenvalue weighted by Gasteiger charge is -2.34. The fraction of sp³-hybridized carbons (Fsp3) is 0.412. The van der Waals surface area contributed by atoms with E-state index in [4.69, 9.17) is 4.74 Å². The van der Waals surface area contributed by atoms with E-state index in [1.807, 2.05) is 0 Å². The smallest absolute Gasteiger partial charge is 0.435 e. The Bertz CT molecular complexity index is 974. The summed E-state index contributed by atoms with van der Waals surface area (Å²) in [6.07, 6.45) is -2.06. The molecule has 4 rings (SSSR count). The fourth-order valence-corrected chi connectivity index (χ4v) is 3.59. The van der Waals surface area contributed by atoms with Gasteiger partial charge in [0.2, 0.25) is 0 Å². The van der Waals surface area contributed by atoms with Crippen molar-refractivity contribution in [3.05, 3.63) is 40.2 Å². The summed E-state index contributed by atoms with van der Waals surface area (Å²) >= 11 is 0. The molecular formula is C17H16F3N5O4. The number of piperidine rings is 1. The third kappa shape index (κ3) is 3.69. The number of nitrogens with one attached hydrogen (secondary N) is 1. The van der Waals surface area contributed by atoms with Crippen molar-refractivity contribution < 1.29 is 27.6 Å². The van der Waals surface area contributed by atoms with Gasteiger partial charge in [-0.1, -0.05) is 0 Å². The Balaban J connectivity index is 1.64. The predicted octanol–water partition coefficient (Wildman–Crippen LogP) is 2.98. The molecule has 1 atom stereocenters. The van der Waals surface area contributed by atoms with Crippen molar-refractivity contribution in [2.45, 2.75) is 25.1 Å². The first kappa shape index (κ1) is 19.0. The lowest BCUT2D eigenvalue weighted by molar-refractivity contribution is -0.384. The molecular weight excluding hydrogens is 395 g/mol. The molecule has 2 aromatic rings. The van der Waals surface area contributed by atoms with Crippen LogP contribution in [-0.2, 0) is 11.0 Å². The second kappa shape index (κ2) is 6.94. The predicted molar refractivity (Wildman–Crippen MR) is 94.9 cm³/mol. The number of fused-ring (bicyclic) bond motifs is 1. The van der Waals surface area contributed by atoms with E-state index >= 15 is 0 Å². The molecule has 2 aliphatic rings. The van der Waals surface area contributed by atoms with E-state index < -0.39 is 16.8 Å². The number of benzene rings is 1. The van der Waals surface area contributed by atoms with Crippen molar-refractivity contribution in [2.75, 3.05) is 29.9 Å². The van der Waals surface area contributed by atoms with Crippen LogP contribution in [0.3, 0.4) is 0 Å². The maximum Gasteiger partial charge on any atom is 0.435 e. The van der Waals surface area contributed by atoms with E-state index in [9.17, 15) is 28.1 Å². The van der Waals surface area contributed by atoms with E-state index in [1.54, 1.807) is 4.90 Å². The molecule has 1 unspecified atom stereocenters. The van der Waals surface area contributed by atoms with Crippen molar-refractivity contribution in [3.8, 4) is 5.75 Å². The second-order valence-corrected chi connectivity index (χ2v) is 6.85. The molecule has 0 aliphatic carbocycles. The number of ether oxygens (including phenoxy) is 1. The van der Waals surface area contributed by atoms with Crippen LogP contribution in [0.25, 0.3) is 0 Å². The van der Waals surface area contributed by atoms with Gasteiger partial charge in [-0.15, -0.1) is 0 Å². The van der Waals surface area contributed by atoms with Gasteiger partial charge in [0.1, 0.15) is 5.69 Å². The molecule has 1 aromatic heterocycles. The lowest BCUT2D eigenvalue weighted by atomic mass is 10.0. The van der Waals surface area contributed by atoms with Crippen molar-refractivity contribution in [1.82, 2.24) is 9.78 Å². The van der Waals surface area contributed by atoms with Crippen LogP contribution in [-0.4, -0.2) is 40.3 Å². The zero-order valence-corrected chi connectivity index (χ0v) is 15.0. The topological polar surface area (TPSA) is 103 Å². The average molecular weight is 411 g/mol. The first-order valence-electron chi connectivity index (χ1n) is 8.85. The molecule has 12 heteroatoms. The van der Waals surface area contributed by atoms with Crippen LogP contribution in [0.4, 0.5) is 30.2 Å². The van der Waals surface area contributed by atoms with Gasteiger partial charge < -0.3 is 15.0 Å². The van der Waals surface area contributed by atoms with Crippen LogP contribution in [0, 0.1) is 10.1 Å². The van der Waals surface area contributed by atoms with E-state index in [0.29, 0.717) is 25.1 Å². The van der Waals surface area contributed by atoms with Crippen molar-refractivity contribution in [1.29, 1.82) is 0 Å². The minimum atomic E-state index is -4.53. The number of anilines is 2. The number of halogens is 3. The number of carbonyl (C=O) groups is 1. The first-order valence-corrected chi connectivity index (χ1v) is 8.85. The largest absolute Gasteiger partial charge is 0.481 e. The van der Waals surface area contributed by atoms with Crippen molar-refractivity contribution in [2.24, 2.45) is 0 Å². The number of amides is 1. The minimum Gasteiger partial charge on any atom is -0.481 e. The number of alkyl halides is 3. The third-order valence-electron chi connectivity index (χ3n) is 4.92. The average Bonchev–Trinajstić information content (AvgIpc) is 3.17. The summed E-state index contributed by atoms with van der Waals surface area (Å²) in [5.74, 6) is -0.166. The fourth-order valence-electron chi connectivity index (χ4n) is 3.59. The molecule has 1 saturated heterocycles. The quantitative estimate of drug-likeness (QED) is 0.615. The number of hydrogen-bond acceptors (Lipinski definition) is 6. The maximum absolute atomic E-state index is 12.8. The highest BCUT2D eigenvalue weighted by atomic mass is 19.4. The highest BCUT2D eigenvalue weighted by Crippen LogP contribution is 2.41. The van der Waals surface area contributed by atoms with Crippen molar-refractivity contribution in [3.63, 3.8) is 0 Å². The van der Waals surface area contributed by atoms with Gasteiger partial charge in [0.15, 0.2) is 18.1 Å². The van der Waals surface area contributed by atoms with Crippen LogP contribution < -0.4 is 15.0 Å². The van der Waals surface area contributed by atoms with E-state index in [0.717, 1.165) is 6.07 Å². The molecule has 0 saturated carbocycles. The Labute approximate surface area is 162 Å². The number of nitrogens with zero attached hydrogens (tertiary/aromatic N) is 4. The van der Waals surface area contributed by atoms with Gasteiger partial charge in [-0.05, 0) is 25.0 Å². The molecule has 2 aliphatic heterocycles. The monoisotopic (exact) mass is 411 g/mol. The second-order valence-electron chi connectivity index (χ2n) is 6.85. The maximum atomic E-state index is 12.8. The van der Waals surface area contributed by atoms with Crippen molar-refractivity contribution >= 4 is 23.0 Å². The van der Waals surface area contributed by atoms with Crippen LogP contribution in [0.1, 0.15) is 24.6 Å².